The standard InChI is InChI=1S/C22H27N3O/c1-26-19-7-4-5-17(13-19)20-15-25(14-18-6-2-3-10-23-18)21-16-8-11-24(12-9-16)22(20)21/h2-7,10,13,16,20-22H,8-9,11-12,14-15H2,1H3/t20-,21-,22-/m0/s1. The molecule has 0 spiro atoms. The van der Waals surface area contributed by atoms with Gasteiger partial charge in [-0.15, -0.1) is 0 Å². The van der Waals surface area contributed by atoms with Gasteiger partial charge in [0.1, 0.15) is 5.75 Å². The van der Waals surface area contributed by atoms with Gasteiger partial charge in [-0.3, -0.25) is 14.8 Å². The smallest absolute Gasteiger partial charge is 0.119 e. The molecule has 0 unspecified atom stereocenters. The molecule has 26 heavy (non-hydrogen) atoms. The topological polar surface area (TPSA) is 28.6 Å². The molecule has 4 saturated heterocycles. The summed E-state index contributed by atoms with van der Waals surface area (Å²) < 4.78 is 5.50. The van der Waals surface area contributed by atoms with Crippen LogP contribution < -0.4 is 4.74 Å². The van der Waals surface area contributed by atoms with Gasteiger partial charge in [0.15, 0.2) is 0 Å². The lowest BCUT2D eigenvalue weighted by Gasteiger charge is -2.51. The van der Waals surface area contributed by atoms with Crippen LogP contribution in [0, 0.1) is 5.92 Å². The van der Waals surface area contributed by atoms with Gasteiger partial charge in [0.2, 0.25) is 0 Å². The van der Waals surface area contributed by atoms with E-state index in [0.29, 0.717) is 18.0 Å². The number of piperidine rings is 3. The molecule has 4 nitrogen and oxygen atoms in total. The molecule has 6 rings (SSSR count). The summed E-state index contributed by atoms with van der Waals surface area (Å²) in [5, 5.41) is 0. The van der Waals surface area contributed by atoms with Crippen molar-refractivity contribution >= 4 is 0 Å². The molecule has 0 aliphatic carbocycles. The van der Waals surface area contributed by atoms with Gasteiger partial charge < -0.3 is 4.74 Å². The predicted molar refractivity (Wildman–Crippen MR) is 102 cm³/mol. The van der Waals surface area contributed by atoms with Crippen LogP contribution in [0.1, 0.15) is 30.0 Å². The molecule has 2 bridgehead atoms. The summed E-state index contributed by atoms with van der Waals surface area (Å²) in [4.78, 5) is 10.1. The zero-order valence-electron chi connectivity index (χ0n) is 15.4. The maximum Gasteiger partial charge on any atom is 0.119 e. The third-order valence-electron chi connectivity index (χ3n) is 6.71. The van der Waals surface area contributed by atoms with E-state index >= 15 is 0 Å². The quantitative estimate of drug-likeness (QED) is 0.848. The Hall–Kier alpha value is -1.91. The maximum absolute atomic E-state index is 5.50. The van der Waals surface area contributed by atoms with Crippen molar-refractivity contribution in [1.82, 2.24) is 14.8 Å². The number of benzene rings is 1. The molecule has 0 saturated carbocycles. The second kappa shape index (κ2) is 6.67. The molecule has 4 fully saturated rings. The Morgan fingerprint density at radius 1 is 1.08 bits per heavy atom. The Morgan fingerprint density at radius 3 is 2.73 bits per heavy atom. The summed E-state index contributed by atoms with van der Waals surface area (Å²) in [5.74, 6) is 2.37. The molecule has 4 aliphatic heterocycles. The fourth-order valence-corrected chi connectivity index (χ4v) is 5.59. The predicted octanol–water partition coefficient (Wildman–Crippen LogP) is 3.15. The molecule has 5 heterocycles. The summed E-state index contributed by atoms with van der Waals surface area (Å²) in [6.07, 6.45) is 4.62. The van der Waals surface area contributed by atoms with Gasteiger partial charge >= 0.3 is 0 Å². The van der Waals surface area contributed by atoms with Crippen molar-refractivity contribution in [2.75, 3.05) is 26.7 Å². The molecule has 136 valence electrons. The number of likely N-dealkylation sites (tertiary alicyclic amines) is 1. The van der Waals surface area contributed by atoms with Crippen molar-refractivity contribution in [3.63, 3.8) is 0 Å². The fourth-order valence-electron chi connectivity index (χ4n) is 5.59. The van der Waals surface area contributed by atoms with Gasteiger partial charge in [0.25, 0.3) is 0 Å². The maximum atomic E-state index is 5.50. The number of aromatic nitrogens is 1. The highest BCUT2D eigenvalue weighted by Gasteiger charge is 2.53. The fraction of sp³-hybridized carbons (Fsp3) is 0.500. The van der Waals surface area contributed by atoms with E-state index in [9.17, 15) is 0 Å². The third-order valence-corrected chi connectivity index (χ3v) is 6.71. The van der Waals surface area contributed by atoms with Gasteiger partial charge in [-0.1, -0.05) is 18.2 Å². The van der Waals surface area contributed by atoms with Gasteiger partial charge in [0, 0.05) is 37.3 Å². The van der Waals surface area contributed by atoms with Crippen LogP contribution >= 0.6 is 0 Å². The lowest BCUT2D eigenvalue weighted by molar-refractivity contribution is -0.00898. The Kier molecular flexibility index (Phi) is 4.18. The number of hydrogen-bond donors (Lipinski definition) is 0. The zero-order chi connectivity index (χ0) is 17.5. The van der Waals surface area contributed by atoms with Crippen molar-refractivity contribution in [3.8, 4) is 5.75 Å². The molecule has 1 aromatic heterocycles. The Labute approximate surface area is 155 Å². The Morgan fingerprint density at radius 2 is 1.96 bits per heavy atom. The lowest BCUT2D eigenvalue weighted by atomic mass is 9.75. The molecule has 0 amide bonds. The normalized spacial score (nSPS) is 33.2. The summed E-state index contributed by atoms with van der Waals surface area (Å²) >= 11 is 0. The summed E-state index contributed by atoms with van der Waals surface area (Å²) in [6, 6.07) is 16.3. The zero-order valence-corrected chi connectivity index (χ0v) is 15.4. The second-order valence-electron chi connectivity index (χ2n) is 7.99. The van der Waals surface area contributed by atoms with Crippen LogP contribution in [-0.4, -0.2) is 53.6 Å². The highest BCUT2D eigenvalue weighted by molar-refractivity contribution is 5.34. The molecular formula is C22H27N3O. The number of methoxy groups -OCH3 is 1. The van der Waals surface area contributed by atoms with Crippen LogP contribution in [0.3, 0.4) is 0 Å². The average Bonchev–Trinajstić information content (AvgIpc) is 3.11. The van der Waals surface area contributed by atoms with E-state index in [0.717, 1.165) is 24.8 Å². The van der Waals surface area contributed by atoms with Crippen LogP contribution in [0.15, 0.2) is 48.7 Å². The summed E-state index contributed by atoms with van der Waals surface area (Å²) in [7, 11) is 1.76. The first-order valence-electron chi connectivity index (χ1n) is 9.85. The largest absolute Gasteiger partial charge is 0.497 e. The van der Waals surface area contributed by atoms with Crippen molar-refractivity contribution in [1.29, 1.82) is 0 Å². The number of ether oxygens (including phenoxy) is 1. The van der Waals surface area contributed by atoms with Gasteiger partial charge in [-0.25, -0.2) is 0 Å². The van der Waals surface area contributed by atoms with Gasteiger partial charge in [-0.2, -0.15) is 0 Å². The molecule has 2 aromatic rings. The summed E-state index contributed by atoms with van der Waals surface area (Å²) in [5.41, 5.74) is 2.62. The number of pyridine rings is 1. The van der Waals surface area contributed by atoms with Crippen molar-refractivity contribution in [2.24, 2.45) is 5.92 Å². The van der Waals surface area contributed by atoms with Crippen LogP contribution in [0.25, 0.3) is 0 Å². The third kappa shape index (κ3) is 2.72. The van der Waals surface area contributed by atoms with E-state index in [4.69, 9.17) is 4.74 Å². The van der Waals surface area contributed by atoms with Gasteiger partial charge in [0.05, 0.1) is 12.8 Å². The van der Waals surface area contributed by atoms with Crippen LogP contribution in [0.5, 0.6) is 5.75 Å². The molecule has 1 aromatic carbocycles. The van der Waals surface area contributed by atoms with E-state index in [1.165, 1.54) is 37.2 Å². The highest BCUT2D eigenvalue weighted by Crippen LogP contribution is 2.47. The van der Waals surface area contributed by atoms with Crippen molar-refractivity contribution in [2.45, 2.75) is 37.4 Å². The molecular weight excluding hydrogens is 322 g/mol. The minimum absolute atomic E-state index is 0.557. The molecule has 4 heteroatoms. The minimum atomic E-state index is 0.557. The van der Waals surface area contributed by atoms with E-state index in [-0.39, 0.29) is 0 Å². The van der Waals surface area contributed by atoms with Crippen LogP contribution in [0.2, 0.25) is 0 Å². The first-order chi connectivity index (χ1) is 12.8. The van der Waals surface area contributed by atoms with E-state index in [1.807, 2.05) is 12.3 Å². The number of nitrogens with zero attached hydrogens (tertiary/aromatic N) is 3. The average molecular weight is 349 g/mol. The first-order valence-corrected chi connectivity index (χ1v) is 9.85. The van der Waals surface area contributed by atoms with E-state index in [1.54, 1.807) is 7.11 Å². The van der Waals surface area contributed by atoms with Crippen molar-refractivity contribution < 1.29 is 4.74 Å². The Bertz CT molecular complexity index is 757. The molecule has 4 aliphatic rings. The molecule has 0 N–H and O–H groups in total. The summed E-state index contributed by atoms with van der Waals surface area (Å²) in [6.45, 7) is 4.62. The van der Waals surface area contributed by atoms with Crippen LogP contribution in [-0.2, 0) is 6.54 Å². The Balaban J connectivity index is 1.48. The molecule has 3 atom stereocenters. The number of fused-ring (bicyclic) bond motifs is 2. The van der Waals surface area contributed by atoms with Crippen molar-refractivity contribution in [3.05, 3.63) is 59.9 Å². The number of rotatable bonds is 4. The SMILES string of the molecule is COc1cccc([C@@H]2CN(Cc3ccccn3)[C@H]3C4CCN(CC4)[C@@H]23)c1. The number of hydrogen-bond acceptors (Lipinski definition) is 4. The molecule has 0 radical (unpaired) electrons. The minimum Gasteiger partial charge on any atom is -0.497 e. The second-order valence-corrected chi connectivity index (χ2v) is 7.99. The lowest BCUT2D eigenvalue weighted by Crippen LogP contribution is -2.60. The first kappa shape index (κ1) is 16.3. The van der Waals surface area contributed by atoms with E-state index in [2.05, 4.69) is 51.2 Å². The monoisotopic (exact) mass is 349 g/mol. The van der Waals surface area contributed by atoms with Crippen LogP contribution in [0.4, 0.5) is 0 Å². The highest BCUT2D eigenvalue weighted by atomic mass is 16.5. The van der Waals surface area contributed by atoms with E-state index < -0.39 is 0 Å². The van der Waals surface area contributed by atoms with Gasteiger partial charge in [-0.05, 0) is 61.7 Å².